The Kier molecular flexibility index (Phi) is 7.91. The average Bonchev–Trinajstić information content (AvgIpc) is 2.43. The maximum absolute atomic E-state index is 5.47. The van der Waals surface area contributed by atoms with E-state index in [1.165, 1.54) is 18.4 Å². The molecule has 0 unspecified atom stereocenters. The van der Waals surface area contributed by atoms with Crippen LogP contribution in [0.5, 0.6) is 11.5 Å². The van der Waals surface area contributed by atoms with Crippen LogP contribution in [0.3, 0.4) is 0 Å². The molecule has 19 heavy (non-hydrogen) atoms. The van der Waals surface area contributed by atoms with Gasteiger partial charge in [0.15, 0.2) is 0 Å². The van der Waals surface area contributed by atoms with Crippen molar-refractivity contribution >= 4 is 15.9 Å². The summed E-state index contributed by atoms with van der Waals surface area (Å²) in [6.45, 7) is 4.39. The maximum atomic E-state index is 5.47. The molecule has 0 heterocycles. The summed E-state index contributed by atoms with van der Waals surface area (Å²) in [6, 6.07) is 4.07. The standard InChI is InChI=1S/C15H24BrNO2/c1-4-10-17-11-6-5-7-12-8-9-13(18-2)14(16)15(12)19-3/h8-9,17H,4-7,10-11H2,1-3H3. The second kappa shape index (κ2) is 9.21. The van der Waals surface area contributed by atoms with Gasteiger partial charge in [0.05, 0.1) is 14.2 Å². The first kappa shape index (κ1) is 16.3. The lowest BCUT2D eigenvalue weighted by Gasteiger charge is -2.13. The maximum Gasteiger partial charge on any atom is 0.139 e. The van der Waals surface area contributed by atoms with Gasteiger partial charge in [0, 0.05) is 0 Å². The number of hydrogen-bond donors (Lipinski definition) is 1. The van der Waals surface area contributed by atoms with Crippen LogP contribution in [0, 0.1) is 0 Å². The molecule has 1 aromatic rings. The van der Waals surface area contributed by atoms with Crippen molar-refractivity contribution in [3.05, 3.63) is 22.2 Å². The van der Waals surface area contributed by atoms with Gasteiger partial charge in [-0.2, -0.15) is 0 Å². The third kappa shape index (κ3) is 5.03. The van der Waals surface area contributed by atoms with Crippen molar-refractivity contribution in [3.8, 4) is 11.5 Å². The van der Waals surface area contributed by atoms with Crippen LogP contribution in [-0.2, 0) is 6.42 Å². The Morgan fingerprint density at radius 1 is 1.11 bits per heavy atom. The number of hydrogen-bond acceptors (Lipinski definition) is 3. The van der Waals surface area contributed by atoms with Crippen LogP contribution < -0.4 is 14.8 Å². The molecular formula is C15H24BrNO2. The Morgan fingerprint density at radius 2 is 1.89 bits per heavy atom. The van der Waals surface area contributed by atoms with E-state index in [4.69, 9.17) is 9.47 Å². The van der Waals surface area contributed by atoms with Crippen LogP contribution in [0.15, 0.2) is 16.6 Å². The number of rotatable bonds is 9. The molecule has 0 aliphatic rings. The summed E-state index contributed by atoms with van der Waals surface area (Å²) in [5, 5.41) is 3.42. The summed E-state index contributed by atoms with van der Waals surface area (Å²) < 4.78 is 11.6. The van der Waals surface area contributed by atoms with Gasteiger partial charge in [0.25, 0.3) is 0 Å². The van der Waals surface area contributed by atoms with Crippen LogP contribution in [0.2, 0.25) is 0 Å². The summed E-state index contributed by atoms with van der Waals surface area (Å²) in [7, 11) is 3.37. The van der Waals surface area contributed by atoms with Gasteiger partial charge in [-0.05, 0) is 66.3 Å². The van der Waals surface area contributed by atoms with Gasteiger partial charge >= 0.3 is 0 Å². The van der Waals surface area contributed by atoms with Crippen molar-refractivity contribution in [1.29, 1.82) is 0 Å². The van der Waals surface area contributed by atoms with Crippen molar-refractivity contribution in [2.75, 3.05) is 27.3 Å². The molecule has 108 valence electrons. The van der Waals surface area contributed by atoms with Gasteiger partial charge in [-0.3, -0.25) is 0 Å². The van der Waals surface area contributed by atoms with Crippen LogP contribution in [-0.4, -0.2) is 27.3 Å². The van der Waals surface area contributed by atoms with Gasteiger partial charge in [0.1, 0.15) is 16.0 Å². The lowest BCUT2D eigenvalue weighted by Crippen LogP contribution is -2.15. The zero-order chi connectivity index (χ0) is 14.1. The lowest BCUT2D eigenvalue weighted by molar-refractivity contribution is 0.385. The molecule has 0 fully saturated rings. The highest BCUT2D eigenvalue weighted by molar-refractivity contribution is 9.10. The minimum Gasteiger partial charge on any atom is -0.495 e. The lowest BCUT2D eigenvalue weighted by atomic mass is 10.1. The molecule has 1 rings (SSSR count). The van der Waals surface area contributed by atoms with Crippen LogP contribution >= 0.6 is 15.9 Å². The first-order valence-corrected chi connectivity index (χ1v) is 7.64. The Bertz CT molecular complexity index is 383. The monoisotopic (exact) mass is 329 g/mol. The normalized spacial score (nSPS) is 10.5. The van der Waals surface area contributed by atoms with Gasteiger partial charge < -0.3 is 14.8 Å². The van der Waals surface area contributed by atoms with E-state index in [9.17, 15) is 0 Å². The van der Waals surface area contributed by atoms with Crippen molar-refractivity contribution in [3.63, 3.8) is 0 Å². The van der Waals surface area contributed by atoms with Gasteiger partial charge in [-0.25, -0.2) is 0 Å². The minimum atomic E-state index is 0.810. The first-order valence-electron chi connectivity index (χ1n) is 6.84. The van der Waals surface area contributed by atoms with E-state index in [0.717, 1.165) is 41.9 Å². The molecule has 0 aliphatic heterocycles. The fraction of sp³-hybridized carbons (Fsp3) is 0.600. The van der Waals surface area contributed by atoms with Crippen LogP contribution in [0.25, 0.3) is 0 Å². The number of unbranched alkanes of at least 4 members (excludes halogenated alkanes) is 1. The van der Waals surface area contributed by atoms with E-state index in [1.807, 2.05) is 6.07 Å². The summed E-state index contributed by atoms with van der Waals surface area (Å²) in [4.78, 5) is 0. The predicted molar refractivity (Wildman–Crippen MR) is 83.3 cm³/mol. The molecule has 0 saturated heterocycles. The third-order valence-electron chi connectivity index (χ3n) is 3.04. The molecule has 4 heteroatoms. The summed E-state index contributed by atoms with van der Waals surface area (Å²) in [6.07, 6.45) is 4.57. The topological polar surface area (TPSA) is 30.5 Å². The van der Waals surface area contributed by atoms with Crippen LogP contribution in [0.1, 0.15) is 31.7 Å². The highest BCUT2D eigenvalue weighted by Crippen LogP contribution is 2.37. The second-order valence-electron chi connectivity index (χ2n) is 4.48. The Labute approximate surface area is 124 Å². The van der Waals surface area contributed by atoms with Crippen LogP contribution in [0.4, 0.5) is 0 Å². The molecule has 3 nitrogen and oxygen atoms in total. The zero-order valence-corrected chi connectivity index (χ0v) is 13.7. The number of ether oxygens (including phenoxy) is 2. The Balaban J connectivity index is 2.51. The molecule has 1 N–H and O–H groups in total. The Hall–Kier alpha value is -0.740. The predicted octanol–water partition coefficient (Wildman–Crippen LogP) is 3.79. The van der Waals surface area contributed by atoms with Gasteiger partial charge in [-0.15, -0.1) is 0 Å². The fourth-order valence-corrected chi connectivity index (χ4v) is 2.73. The quantitative estimate of drug-likeness (QED) is 0.699. The molecular weight excluding hydrogens is 306 g/mol. The number of halogens is 1. The van der Waals surface area contributed by atoms with Crippen molar-refractivity contribution in [2.45, 2.75) is 32.6 Å². The molecule has 0 radical (unpaired) electrons. The number of aryl methyl sites for hydroxylation is 1. The molecule has 0 aliphatic carbocycles. The van der Waals surface area contributed by atoms with E-state index in [0.29, 0.717) is 0 Å². The second-order valence-corrected chi connectivity index (χ2v) is 5.27. The number of methoxy groups -OCH3 is 2. The van der Waals surface area contributed by atoms with E-state index < -0.39 is 0 Å². The SMILES string of the molecule is CCCNCCCCc1ccc(OC)c(Br)c1OC. The molecule has 0 spiro atoms. The first-order chi connectivity index (χ1) is 9.24. The summed E-state index contributed by atoms with van der Waals surface area (Å²) >= 11 is 3.53. The van der Waals surface area contributed by atoms with Gasteiger partial charge in [0.2, 0.25) is 0 Å². The Morgan fingerprint density at radius 3 is 2.53 bits per heavy atom. The average molecular weight is 330 g/mol. The minimum absolute atomic E-state index is 0.810. The van der Waals surface area contributed by atoms with Crippen molar-refractivity contribution in [2.24, 2.45) is 0 Å². The zero-order valence-electron chi connectivity index (χ0n) is 12.1. The number of benzene rings is 1. The van der Waals surface area contributed by atoms with E-state index in [1.54, 1.807) is 14.2 Å². The summed E-state index contributed by atoms with van der Waals surface area (Å²) in [5.74, 6) is 1.70. The third-order valence-corrected chi connectivity index (χ3v) is 3.79. The van der Waals surface area contributed by atoms with E-state index in [-0.39, 0.29) is 0 Å². The van der Waals surface area contributed by atoms with Crippen molar-refractivity contribution in [1.82, 2.24) is 5.32 Å². The van der Waals surface area contributed by atoms with E-state index in [2.05, 4.69) is 34.2 Å². The smallest absolute Gasteiger partial charge is 0.139 e. The molecule has 1 aromatic carbocycles. The largest absolute Gasteiger partial charge is 0.495 e. The van der Waals surface area contributed by atoms with Gasteiger partial charge in [-0.1, -0.05) is 13.0 Å². The molecule has 0 amide bonds. The molecule has 0 atom stereocenters. The fourth-order valence-electron chi connectivity index (χ4n) is 2.02. The molecule has 0 aromatic heterocycles. The molecule has 0 saturated carbocycles. The highest BCUT2D eigenvalue weighted by atomic mass is 79.9. The summed E-state index contributed by atoms with van der Waals surface area (Å²) in [5.41, 5.74) is 1.23. The highest BCUT2D eigenvalue weighted by Gasteiger charge is 2.12. The van der Waals surface area contributed by atoms with Crippen molar-refractivity contribution < 1.29 is 9.47 Å². The number of nitrogens with one attached hydrogen (secondary N) is 1. The molecule has 0 bridgehead atoms. The van der Waals surface area contributed by atoms with E-state index >= 15 is 0 Å².